The predicted molar refractivity (Wildman–Crippen MR) is 69.8 cm³/mol. The molecule has 0 amide bonds. The van der Waals surface area contributed by atoms with E-state index in [0.717, 1.165) is 19.3 Å². The zero-order valence-electron chi connectivity index (χ0n) is 10.4. The van der Waals surface area contributed by atoms with Crippen molar-refractivity contribution in [2.75, 3.05) is 0 Å². The van der Waals surface area contributed by atoms with Crippen LogP contribution < -0.4 is 0 Å². The van der Waals surface area contributed by atoms with Gasteiger partial charge in [0, 0.05) is 12.8 Å². The topological polar surface area (TPSA) is 0 Å². The Balaban J connectivity index is 3.06. The average molecular weight is 206 g/mol. The van der Waals surface area contributed by atoms with Crippen molar-refractivity contribution < 1.29 is 0 Å². The van der Waals surface area contributed by atoms with Crippen molar-refractivity contribution in [1.82, 2.24) is 0 Å². The molecule has 0 unspecified atom stereocenters. The van der Waals surface area contributed by atoms with Gasteiger partial charge >= 0.3 is 0 Å². The van der Waals surface area contributed by atoms with Gasteiger partial charge in [0.15, 0.2) is 0 Å². The lowest BCUT2D eigenvalue weighted by Gasteiger charge is -1.93. The molecule has 0 nitrogen and oxygen atoms in total. The molecule has 0 aromatic carbocycles. The summed E-state index contributed by atoms with van der Waals surface area (Å²) in [5.74, 6) is 6.53. The summed E-state index contributed by atoms with van der Waals surface area (Å²) in [6.45, 7) is 5.96. The van der Waals surface area contributed by atoms with Crippen LogP contribution in [0.15, 0.2) is 12.7 Å². The van der Waals surface area contributed by atoms with Crippen molar-refractivity contribution >= 4 is 0 Å². The van der Waals surface area contributed by atoms with E-state index in [1.54, 1.807) is 0 Å². The third-order valence-corrected chi connectivity index (χ3v) is 2.49. The highest BCUT2D eigenvalue weighted by Gasteiger charge is 1.85. The Hall–Kier alpha value is -0.700. The molecule has 0 fully saturated rings. The lowest BCUT2D eigenvalue weighted by atomic mass is 10.1. The van der Waals surface area contributed by atoms with Crippen LogP contribution in [0.4, 0.5) is 0 Å². The number of allylic oxidation sites excluding steroid dienone is 1. The molecule has 0 aromatic rings. The summed E-state index contributed by atoms with van der Waals surface area (Å²) in [5.41, 5.74) is 0. The monoisotopic (exact) mass is 206 g/mol. The van der Waals surface area contributed by atoms with Crippen molar-refractivity contribution in [3.63, 3.8) is 0 Å². The molecule has 86 valence electrons. The molecule has 0 saturated heterocycles. The molecule has 0 N–H and O–H groups in total. The zero-order chi connectivity index (χ0) is 11.2. The Bertz CT molecular complexity index is 180. The van der Waals surface area contributed by atoms with E-state index in [1.165, 1.54) is 44.9 Å². The minimum Gasteiger partial charge on any atom is -0.103 e. The van der Waals surface area contributed by atoms with Crippen LogP contribution in [-0.2, 0) is 0 Å². The van der Waals surface area contributed by atoms with E-state index in [1.807, 2.05) is 6.08 Å². The summed E-state index contributed by atoms with van der Waals surface area (Å²) >= 11 is 0. The lowest BCUT2D eigenvalue weighted by molar-refractivity contribution is 0.678. The summed E-state index contributed by atoms with van der Waals surface area (Å²) < 4.78 is 0. The smallest absolute Gasteiger partial charge is 0.00886 e. The van der Waals surface area contributed by atoms with Crippen molar-refractivity contribution in [2.45, 2.75) is 71.1 Å². The zero-order valence-corrected chi connectivity index (χ0v) is 10.4. The Kier molecular flexibility index (Phi) is 12.7. The third kappa shape index (κ3) is 13.3. The summed E-state index contributed by atoms with van der Waals surface area (Å²) in [6.07, 6.45) is 14.5. The predicted octanol–water partition coefficient (Wildman–Crippen LogP) is 5.10. The van der Waals surface area contributed by atoms with Gasteiger partial charge in [-0.15, -0.1) is 18.4 Å². The summed E-state index contributed by atoms with van der Waals surface area (Å²) in [5, 5.41) is 0. The number of hydrogen-bond acceptors (Lipinski definition) is 0. The molecule has 0 aliphatic heterocycles. The van der Waals surface area contributed by atoms with E-state index in [4.69, 9.17) is 0 Å². The van der Waals surface area contributed by atoms with E-state index in [9.17, 15) is 0 Å². The Morgan fingerprint density at radius 1 is 0.867 bits per heavy atom. The van der Waals surface area contributed by atoms with Crippen LogP contribution in [0.3, 0.4) is 0 Å². The van der Waals surface area contributed by atoms with Gasteiger partial charge in [-0.1, -0.05) is 38.7 Å². The molecule has 0 radical (unpaired) electrons. The molecular formula is C15H26. The van der Waals surface area contributed by atoms with Crippen LogP contribution in [0.2, 0.25) is 0 Å². The molecule has 0 rings (SSSR count). The maximum absolute atomic E-state index is 3.72. The number of rotatable bonds is 9. The van der Waals surface area contributed by atoms with Crippen LogP contribution in [0.1, 0.15) is 71.1 Å². The average Bonchev–Trinajstić information content (AvgIpc) is 2.26. The molecular weight excluding hydrogens is 180 g/mol. The Labute approximate surface area is 96.2 Å². The largest absolute Gasteiger partial charge is 0.103 e. The van der Waals surface area contributed by atoms with Gasteiger partial charge in [0.1, 0.15) is 0 Å². The standard InChI is InChI=1S/C15H26/c1-3-5-7-9-11-13-15-14-12-10-8-6-4-2/h3H,1,4-13H2,2H3. The summed E-state index contributed by atoms with van der Waals surface area (Å²) in [4.78, 5) is 0. The molecule has 0 aliphatic carbocycles. The van der Waals surface area contributed by atoms with Crippen molar-refractivity contribution in [3.8, 4) is 11.8 Å². The van der Waals surface area contributed by atoms with E-state index < -0.39 is 0 Å². The van der Waals surface area contributed by atoms with E-state index in [-0.39, 0.29) is 0 Å². The summed E-state index contributed by atoms with van der Waals surface area (Å²) in [6, 6.07) is 0. The molecule has 0 heteroatoms. The second kappa shape index (κ2) is 13.3. The van der Waals surface area contributed by atoms with E-state index in [2.05, 4.69) is 25.3 Å². The lowest BCUT2D eigenvalue weighted by Crippen LogP contribution is -1.76. The van der Waals surface area contributed by atoms with Crippen LogP contribution in [0.25, 0.3) is 0 Å². The van der Waals surface area contributed by atoms with Gasteiger partial charge in [0.05, 0.1) is 0 Å². The van der Waals surface area contributed by atoms with Crippen molar-refractivity contribution in [3.05, 3.63) is 12.7 Å². The maximum Gasteiger partial charge on any atom is 0.00886 e. The van der Waals surface area contributed by atoms with Crippen molar-refractivity contribution in [2.24, 2.45) is 0 Å². The first kappa shape index (κ1) is 14.3. The van der Waals surface area contributed by atoms with Crippen LogP contribution in [0.5, 0.6) is 0 Å². The van der Waals surface area contributed by atoms with Crippen LogP contribution in [-0.4, -0.2) is 0 Å². The molecule has 0 spiro atoms. The fraction of sp³-hybridized carbons (Fsp3) is 0.733. The first-order chi connectivity index (χ1) is 7.41. The van der Waals surface area contributed by atoms with Gasteiger partial charge in [0.2, 0.25) is 0 Å². The molecule has 0 saturated carbocycles. The minimum atomic E-state index is 1.09. The van der Waals surface area contributed by atoms with Gasteiger partial charge < -0.3 is 0 Å². The fourth-order valence-corrected chi connectivity index (χ4v) is 1.50. The van der Waals surface area contributed by atoms with Gasteiger partial charge in [-0.3, -0.25) is 0 Å². The fourth-order valence-electron chi connectivity index (χ4n) is 1.50. The SMILES string of the molecule is C=CCCCCCC#CCCCCCC. The minimum absolute atomic E-state index is 1.09. The van der Waals surface area contributed by atoms with Gasteiger partial charge in [-0.05, 0) is 25.7 Å². The van der Waals surface area contributed by atoms with Crippen LogP contribution >= 0.6 is 0 Å². The number of unbranched alkanes of at least 4 members (excludes halogenated alkanes) is 8. The molecule has 15 heavy (non-hydrogen) atoms. The molecule has 0 bridgehead atoms. The van der Waals surface area contributed by atoms with Gasteiger partial charge in [0.25, 0.3) is 0 Å². The van der Waals surface area contributed by atoms with Crippen LogP contribution in [0, 0.1) is 11.8 Å². The second-order valence-electron chi connectivity index (χ2n) is 4.05. The molecule has 0 aliphatic rings. The van der Waals surface area contributed by atoms with E-state index >= 15 is 0 Å². The molecule has 0 atom stereocenters. The summed E-state index contributed by atoms with van der Waals surface area (Å²) in [7, 11) is 0. The third-order valence-electron chi connectivity index (χ3n) is 2.49. The molecule has 0 heterocycles. The normalized spacial score (nSPS) is 9.40. The Morgan fingerprint density at radius 2 is 1.47 bits per heavy atom. The highest BCUT2D eigenvalue weighted by Crippen LogP contribution is 2.03. The number of hydrogen-bond donors (Lipinski definition) is 0. The Morgan fingerprint density at radius 3 is 2.00 bits per heavy atom. The first-order valence-electron chi connectivity index (χ1n) is 6.48. The molecule has 0 aromatic heterocycles. The second-order valence-corrected chi connectivity index (χ2v) is 4.05. The van der Waals surface area contributed by atoms with Gasteiger partial charge in [-0.25, -0.2) is 0 Å². The highest BCUT2D eigenvalue weighted by atomic mass is 13.9. The quantitative estimate of drug-likeness (QED) is 0.280. The van der Waals surface area contributed by atoms with Crippen molar-refractivity contribution in [1.29, 1.82) is 0 Å². The van der Waals surface area contributed by atoms with Gasteiger partial charge in [-0.2, -0.15) is 0 Å². The first-order valence-corrected chi connectivity index (χ1v) is 6.48. The highest BCUT2D eigenvalue weighted by molar-refractivity contribution is 4.98. The van der Waals surface area contributed by atoms with E-state index in [0.29, 0.717) is 0 Å². The maximum atomic E-state index is 3.72.